The zero-order valence-corrected chi connectivity index (χ0v) is 16.7. The number of aromatic hydroxyl groups is 2. The molecular weight excluding hydrogens is 340 g/mol. The number of hydrogen-bond acceptors (Lipinski definition) is 3. The van der Waals surface area contributed by atoms with Crippen LogP contribution in [0.25, 0.3) is 0 Å². The topological polar surface area (TPSA) is 77.8 Å². The number of unbranched alkanes of at least 4 members (excludes halogenated alkanes) is 2. The Labute approximate surface area is 162 Å². The smallest absolute Gasteiger partial charge is 0.307 e. The van der Waals surface area contributed by atoms with Gasteiger partial charge in [0.25, 0.3) is 0 Å². The van der Waals surface area contributed by atoms with Crippen molar-refractivity contribution >= 4 is 5.97 Å². The van der Waals surface area contributed by atoms with Crippen LogP contribution in [0.3, 0.4) is 0 Å². The molecule has 0 saturated heterocycles. The average molecular weight is 373 g/mol. The number of carboxylic acid groups (broad SMARTS) is 1. The van der Waals surface area contributed by atoms with E-state index in [-0.39, 0.29) is 29.8 Å². The van der Waals surface area contributed by atoms with Crippen molar-refractivity contribution in [3.05, 3.63) is 46.6 Å². The molecule has 0 unspecified atom stereocenters. The Morgan fingerprint density at radius 1 is 1.30 bits per heavy atom. The SMILES string of the molecule is C=C(C)[C@@H]1CCC(C)=C[C@H]1c1c(O)cc(CCCCC)c(CC(=O)O)c1O. The highest BCUT2D eigenvalue weighted by Crippen LogP contribution is 2.48. The largest absolute Gasteiger partial charge is 0.507 e. The number of aryl methyl sites for hydroxylation is 1. The monoisotopic (exact) mass is 372 g/mol. The van der Waals surface area contributed by atoms with E-state index in [2.05, 4.69) is 19.6 Å². The van der Waals surface area contributed by atoms with E-state index in [1.165, 1.54) is 5.57 Å². The molecule has 1 aliphatic rings. The Balaban J connectivity index is 2.57. The standard InChI is InChI=1S/C23H32O4/c1-5-6-7-8-16-12-20(24)22(23(27)18(16)13-21(25)26)19-11-15(4)9-10-17(19)14(2)3/h11-12,17,19,24,27H,2,5-10,13H2,1,3-4H3,(H,25,26)/t17-,19+/m0/s1. The highest BCUT2D eigenvalue weighted by Gasteiger charge is 2.32. The van der Waals surface area contributed by atoms with Gasteiger partial charge < -0.3 is 15.3 Å². The summed E-state index contributed by atoms with van der Waals surface area (Å²) in [5.41, 5.74) is 3.83. The van der Waals surface area contributed by atoms with Crippen LogP contribution in [-0.2, 0) is 17.6 Å². The van der Waals surface area contributed by atoms with E-state index in [1.807, 2.05) is 13.8 Å². The van der Waals surface area contributed by atoms with Crippen LogP contribution in [0.5, 0.6) is 11.5 Å². The van der Waals surface area contributed by atoms with Gasteiger partial charge in [-0.3, -0.25) is 4.79 Å². The Kier molecular flexibility index (Phi) is 7.11. The lowest BCUT2D eigenvalue weighted by molar-refractivity contribution is -0.136. The third-order valence-electron chi connectivity index (χ3n) is 5.61. The molecule has 1 aliphatic carbocycles. The van der Waals surface area contributed by atoms with E-state index >= 15 is 0 Å². The molecule has 0 radical (unpaired) electrons. The van der Waals surface area contributed by atoms with Crippen molar-refractivity contribution in [2.75, 3.05) is 0 Å². The molecule has 1 aromatic rings. The maximum absolute atomic E-state index is 11.4. The van der Waals surface area contributed by atoms with Crippen molar-refractivity contribution in [3.8, 4) is 11.5 Å². The van der Waals surface area contributed by atoms with Gasteiger partial charge in [0.15, 0.2) is 0 Å². The predicted octanol–water partition coefficient (Wildman–Crippen LogP) is 5.47. The van der Waals surface area contributed by atoms with Crippen molar-refractivity contribution in [3.63, 3.8) is 0 Å². The number of rotatable bonds is 8. The third-order valence-corrected chi connectivity index (χ3v) is 5.61. The molecule has 0 aliphatic heterocycles. The normalized spacial score (nSPS) is 19.6. The molecule has 2 atom stereocenters. The van der Waals surface area contributed by atoms with E-state index in [4.69, 9.17) is 0 Å². The maximum atomic E-state index is 11.4. The molecule has 27 heavy (non-hydrogen) atoms. The van der Waals surface area contributed by atoms with Crippen molar-refractivity contribution in [2.45, 2.75) is 71.6 Å². The number of carboxylic acids is 1. The molecule has 3 N–H and O–H groups in total. The van der Waals surface area contributed by atoms with Gasteiger partial charge in [0.05, 0.1) is 6.42 Å². The van der Waals surface area contributed by atoms with Crippen LogP contribution in [0.1, 0.15) is 75.5 Å². The van der Waals surface area contributed by atoms with Gasteiger partial charge in [0.1, 0.15) is 11.5 Å². The van der Waals surface area contributed by atoms with Gasteiger partial charge in [0.2, 0.25) is 0 Å². The van der Waals surface area contributed by atoms with Gasteiger partial charge in [-0.2, -0.15) is 0 Å². The first kappa shape index (κ1) is 21.1. The van der Waals surface area contributed by atoms with Crippen molar-refractivity contribution in [2.24, 2.45) is 5.92 Å². The minimum atomic E-state index is -0.981. The third kappa shape index (κ3) is 4.94. The molecule has 0 spiro atoms. The molecule has 0 heterocycles. The second-order valence-electron chi connectivity index (χ2n) is 7.85. The Morgan fingerprint density at radius 2 is 2.00 bits per heavy atom. The number of carbonyl (C=O) groups is 1. The van der Waals surface area contributed by atoms with Gasteiger partial charge in [0, 0.05) is 17.0 Å². The summed E-state index contributed by atoms with van der Waals surface area (Å²) in [4.78, 5) is 11.4. The summed E-state index contributed by atoms with van der Waals surface area (Å²) >= 11 is 0. The van der Waals surface area contributed by atoms with E-state index in [9.17, 15) is 20.1 Å². The van der Waals surface area contributed by atoms with E-state index in [0.717, 1.165) is 43.2 Å². The molecule has 4 heteroatoms. The summed E-state index contributed by atoms with van der Waals surface area (Å²) < 4.78 is 0. The predicted molar refractivity (Wildman–Crippen MR) is 108 cm³/mol. The van der Waals surface area contributed by atoms with Gasteiger partial charge in [-0.05, 0) is 57.1 Å². The molecule has 0 bridgehead atoms. The molecule has 0 saturated carbocycles. The minimum absolute atomic E-state index is 0.0512. The quantitative estimate of drug-likeness (QED) is 0.417. The fraction of sp³-hybridized carbons (Fsp3) is 0.522. The lowest BCUT2D eigenvalue weighted by atomic mass is 9.73. The number of allylic oxidation sites excluding steroid dienone is 3. The number of phenolic OH excluding ortho intramolecular Hbond substituents is 2. The first-order chi connectivity index (χ1) is 12.8. The van der Waals surface area contributed by atoms with Crippen LogP contribution in [-0.4, -0.2) is 21.3 Å². The highest BCUT2D eigenvalue weighted by atomic mass is 16.4. The van der Waals surface area contributed by atoms with E-state index in [1.54, 1.807) is 6.07 Å². The molecule has 0 amide bonds. The van der Waals surface area contributed by atoms with Gasteiger partial charge in [-0.25, -0.2) is 0 Å². The van der Waals surface area contributed by atoms with Gasteiger partial charge in [-0.15, -0.1) is 0 Å². The summed E-state index contributed by atoms with van der Waals surface area (Å²) in [5.74, 6) is -1.06. The Hall–Kier alpha value is -2.23. The summed E-state index contributed by atoms with van der Waals surface area (Å²) in [6.45, 7) is 10.2. The zero-order valence-electron chi connectivity index (χ0n) is 16.7. The highest BCUT2D eigenvalue weighted by molar-refractivity contribution is 5.73. The van der Waals surface area contributed by atoms with Crippen molar-refractivity contribution in [1.82, 2.24) is 0 Å². The summed E-state index contributed by atoms with van der Waals surface area (Å²) in [6.07, 6.45) is 7.35. The van der Waals surface area contributed by atoms with Crippen molar-refractivity contribution in [1.29, 1.82) is 0 Å². The number of aliphatic carboxylic acids is 1. The first-order valence-electron chi connectivity index (χ1n) is 9.87. The van der Waals surface area contributed by atoms with Crippen LogP contribution in [0.4, 0.5) is 0 Å². The lowest BCUT2D eigenvalue weighted by Crippen LogP contribution is -2.18. The Bertz CT molecular complexity index is 745. The van der Waals surface area contributed by atoms with Gasteiger partial charge >= 0.3 is 5.97 Å². The summed E-state index contributed by atoms with van der Waals surface area (Å²) in [7, 11) is 0. The number of hydrogen-bond donors (Lipinski definition) is 3. The lowest BCUT2D eigenvalue weighted by Gasteiger charge is -2.32. The second-order valence-corrected chi connectivity index (χ2v) is 7.85. The van der Waals surface area contributed by atoms with Crippen LogP contribution in [0.15, 0.2) is 29.9 Å². The van der Waals surface area contributed by atoms with Gasteiger partial charge in [-0.1, -0.05) is 43.6 Å². The maximum Gasteiger partial charge on any atom is 0.307 e. The van der Waals surface area contributed by atoms with Crippen LogP contribution >= 0.6 is 0 Å². The first-order valence-corrected chi connectivity index (χ1v) is 9.87. The molecular formula is C23H32O4. The molecule has 1 aromatic carbocycles. The fourth-order valence-corrected chi connectivity index (χ4v) is 4.14. The average Bonchev–Trinajstić information content (AvgIpc) is 2.58. The molecule has 2 rings (SSSR count). The Morgan fingerprint density at radius 3 is 2.59 bits per heavy atom. The van der Waals surface area contributed by atoms with Crippen LogP contribution < -0.4 is 0 Å². The minimum Gasteiger partial charge on any atom is -0.507 e. The fourth-order valence-electron chi connectivity index (χ4n) is 4.14. The van der Waals surface area contributed by atoms with Crippen LogP contribution in [0, 0.1) is 5.92 Å². The van der Waals surface area contributed by atoms with Crippen LogP contribution in [0.2, 0.25) is 0 Å². The van der Waals surface area contributed by atoms with E-state index in [0.29, 0.717) is 17.5 Å². The summed E-state index contributed by atoms with van der Waals surface area (Å²) in [5, 5.41) is 31.1. The number of benzene rings is 1. The number of phenols is 2. The van der Waals surface area contributed by atoms with E-state index < -0.39 is 5.97 Å². The second kappa shape index (κ2) is 9.12. The van der Waals surface area contributed by atoms with Crippen molar-refractivity contribution < 1.29 is 20.1 Å². The molecule has 148 valence electrons. The molecule has 4 nitrogen and oxygen atoms in total. The summed E-state index contributed by atoms with van der Waals surface area (Å²) in [6, 6.07) is 1.66. The molecule has 0 fully saturated rings. The molecule has 0 aromatic heterocycles. The zero-order chi connectivity index (χ0) is 20.1.